The monoisotopic (exact) mass is 632 g/mol. The molecule has 0 aliphatic carbocycles. The van der Waals surface area contributed by atoms with E-state index in [1.165, 1.54) is 0 Å². The summed E-state index contributed by atoms with van der Waals surface area (Å²) >= 11 is 8.85. The van der Waals surface area contributed by atoms with Crippen LogP contribution in [0, 0.1) is 0 Å². The molecule has 0 bridgehead atoms. The molecule has 4 aromatic rings. The van der Waals surface area contributed by atoms with E-state index < -0.39 is 12.2 Å². The summed E-state index contributed by atoms with van der Waals surface area (Å²) in [6.45, 7) is 1.24. The molecule has 12 heteroatoms. The van der Waals surface area contributed by atoms with Crippen molar-refractivity contribution in [3.63, 3.8) is 0 Å². The summed E-state index contributed by atoms with van der Waals surface area (Å²) in [7, 11) is 0. The van der Waals surface area contributed by atoms with Gasteiger partial charge in [-0.25, -0.2) is 9.97 Å². The lowest BCUT2D eigenvalue weighted by molar-refractivity contribution is -0.131. The number of H-pyrrole nitrogens is 2. The predicted octanol–water partition coefficient (Wildman–Crippen LogP) is 4.67. The lowest BCUT2D eigenvalue weighted by Gasteiger charge is -2.17. The Morgan fingerprint density at radius 2 is 1.09 bits per heavy atom. The van der Waals surface area contributed by atoms with Crippen LogP contribution in [0.4, 0.5) is 0 Å². The molecule has 2 fully saturated rings. The molecule has 2 aromatic carbocycles. The second kappa shape index (κ2) is 14.0. The molecule has 4 atom stereocenters. The lowest BCUT2D eigenvalue weighted by Crippen LogP contribution is -2.38. The minimum Gasteiger partial charge on any atom is -0.368 e. The fourth-order valence-corrected chi connectivity index (χ4v) is 6.03. The minimum absolute atomic E-state index is 0.122. The van der Waals surface area contributed by atoms with Gasteiger partial charge in [0.25, 0.3) is 0 Å². The summed E-state index contributed by atoms with van der Waals surface area (Å²) < 4.78 is 11.0. The molecule has 2 amide bonds. The van der Waals surface area contributed by atoms with E-state index in [-0.39, 0.29) is 23.9 Å². The normalized spacial score (nSPS) is 19.5. The van der Waals surface area contributed by atoms with Gasteiger partial charge in [-0.2, -0.15) is 25.3 Å². The molecule has 0 unspecified atom stereocenters. The SMILES string of the molecule is O=C(N[C@@H](CS)c1ncc(-c2ccc(-c3ccc(-c4cnc([C@H](CS)NC(=O)[C@H]5CCCO5)[nH]4)cc3)cc2)[nH]1)[C@H]1CCCO1. The Morgan fingerprint density at radius 3 is 1.43 bits per heavy atom. The number of aromatic nitrogens is 4. The van der Waals surface area contributed by atoms with Gasteiger partial charge >= 0.3 is 0 Å². The number of aromatic amines is 2. The molecule has 4 N–H and O–H groups in total. The highest BCUT2D eigenvalue weighted by atomic mass is 32.1. The van der Waals surface area contributed by atoms with Gasteiger partial charge in [-0.3, -0.25) is 9.59 Å². The van der Waals surface area contributed by atoms with Crippen LogP contribution in [0.3, 0.4) is 0 Å². The number of carbonyl (C=O) groups is 2. The van der Waals surface area contributed by atoms with E-state index in [1.807, 2.05) is 24.3 Å². The third-order valence-corrected chi connectivity index (χ3v) is 8.75. The predicted molar refractivity (Wildman–Crippen MR) is 174 cm³/mol. The van der Waals surface area contributed by atoms with Gasteiger partial charge in [-0.1, -0.05) is 48.5 Å². The Bertz CT molecular complexity index is 1440. The van der Waals surface area contributed by atoms with Crippen molar-refractivity contribution in [2.45, 2.75) is 50.0 Å². The first-order chi connectivity index (χ1) is 21.5. The van der Waals surface area contributed by atoms with E-state index in [4.69, 9.17) is 9.47 Å². The molecule has 44 heavy (non-hydrogen) atoms. The summed E-state index contributed by atoms with van der Waals surface area (Å²) in [6, 6.07) is 15.8. The van der Waals surface area contributed by atoms with Crippen molar-refractivity contribution in [3.8, 4) is 33.6 Å². The van der Waals surface area contributed by atoms with Crippen LogP contribution in [-0.2, 0) is 19.1 Å². The smallest absolute Gasteiger partial charge is 0.249 e. The van der Waals surface area contributed by atoms with Crippen LogP contribution in [0.15, 0.2) is 60.9 Å². The van der Waals surface area contributed by atoms with Gasteiger partial charge in [-0.15, -0.1) is 0 Å². The van der Waals surface area contributed by atoms with E-state index >= 15 is 0 Å². The number of imidazole rings is 2. The number of nitrogens with zero attached hydrogens (tertiary/aromatic N) is 2. The largest absolute Gasteiger partial charge is 0.368 e. The number of thiol groups is 2. The Balaban J connectivity index is 1.09. The molecule has 6 rings (SSSR count). The molecule has 2 aliphatic rings. The number of amides is 2. The van der Waals surface area contributed by atoms with Gasteiger partial charge in [0, 0.05) is 24.7 Å². The van der Waals surface area contributed by atoms with E-state index in [1.54, 1.807) is 12.4 Å². The first kappa shape index (κ1) is 30.4. The van der Waals surface area contributed by atoms with Crippen molar-refractivity contribution in [1.29, 1.82) is 0 Å². The standard InChI is InChI=1S/C32H36N6O4S2/c39-31(27-3-1-13-41-27)37-25(17-43)29-33-15-23(35-29)21-9-5-19(6-10-21)20-7-11-22(12-8-20)24-16-34-30(36-24)26(18-44)38-32(40)28-4-2-14-42-28/h5-12,15-16,25-28,43-44H,1-4,13-14,17-18H2,(H,33,35)(H,34,36)(H,37,39)(H,38,40)/t25-,26-,27+,28+/m0/s1. The average molecular weight is 633 g/mol. The second-order valence-corrected chi connectivity index (χ2v) is 11.7. The third kappa shape index (κ3) is 6.88. The minimum atomic E-state index is -0.396. The van der Waals surface area contributed by atoms with Crippen molar-refractivity contribution >= 4 is 37.1 Å². The summed E-state index contributed by atoms with van der Waals surface area (Å²) in [5, 5.41) is 6.00. The van der Waals surface area contributed by atoms with Crippen LogP contribution in [0.25, 0.3) is 33.6 Å². The van der Waals surface area contributed by atoms with Crippen LogP contribution < -0.4 is 10.6 Å². The summed E-state index contributed by atoms with van der Waals surface area (Å²) in [6.07, 6.45) is 6.03. The van der Waals surface area contributed by atoms with Gasteiger partial charge in [0.2, 0.25) is 11.8 Å². The highest BCUT2D eigenvalue weighted by molar-refractivity contribution is 7.80. The topological polar surface area (TPSA) is 134 Å². The van der Waals surface area contributed by atoms with Gasteiger partial charge in [0.15, 0.2) is 0 Å². The molecular formula is C32H36N6O4S2. The van der Waals surface area contributed by atoms with E-state index in [2.05, 4.69) is 80.1 Å². The van der Waals surface area contributed by atoms with Crippen LogP contribution in [0.5, 0.6) is 0 Å². The molecule has 2 aliphatic heterocycles. The summed E-state index contributed by atoms with van der Waals surface area (Å²) in [4.78, 5) is 40.7. The number of nitrogens with one attached hydrogen (secondary N) is 4. The van der Waals surface area contributed by atoms with Crippen LogP contribution in [0.1, 0.15) is 49.4 Å². The first-order valence-electron chi connectivity index (χ1n) is 14.9. The molecule has 10 nitrogen and oxygen atoms in total. The van der Waals surface area contributed by atoms with Gasteiger partial charge in [0.1, 0.15) is 23.9 Å². The Labute approximate surface area is 267 Å². The zero-order valence-electron chi connectivity index (χ0n) is 24.2. The molecule has 0 saturated carbocycles. The molecule has 0 radical (unpaired) electrons. The number of hydrogen-bond acceptors (Lipinski definition) is 8. The van der Waals surface area contributed by atoms with E-state index in [9.17, 15) is 9.59 Å². The van der Waals surface area contributed by atoms with E-state index in [0.717, 1.165) is 59.3 Å². The average Bonchev–Trinajstić information content (AvgIpc) is 3.89. The zero-order valence-corrected chi connectivity index (χ0v) is 26.0. The highest BCUT2D eigenvalue weighted by Crippen LogP contribution is 2.28. The highest BCUT2D eigenvalue weighted by Gasteiger charge is 2.28. The quantitative estimate of drug-likeness (QED) is 0.133. The van der Waals surface area contributed by atoms with Crippen LogP contribution >= 0.6 is 25.3 Å². The maximum atomic E-state index is 12.5. The van der Waals surface area contributed by atoms with Crippen molar-refractivity contribution < 1.29 is 19.1 Å². The van der Waals surface area contributed by atoms with Crippen molar-refractivity contribution in [2.75, 3.05) is 24.7 Å². The fourth-order valence-electron chi connectivity index (χ4n) is 5.50. The second-order valence-electron chi connectivity index (χ2n) is 11.0. The molecule has 2 saturated heterocycles. The van der Waals surface area contributed by atoms with Gasteiger partial charge in [-0.05, 0) is 47.9 Å². The van der Waals surface area contributed by atoms with E-state index in [0.29, 0.717) is 36.4 Å². The number of carbonyl (C=O) groups excluding carboxylic acids is 2. The number of ether oxygens (including phenoxy) is 2. The molecule has 4 heterocycles. The van der Waals surface area contributed by atoms with Crippen molar-refractivity contribution in [3.05, 3.63) is 72.6 Å². The van der Waals surface area contributed by atoms with Crippen LogP contribution in [0.2, 0.25) is 0 Å². The number of benzene rings is 2. The molecule has 2 aromatic heterocycles. The Hall–Kier alpha value is -3.58. The van der Waals surface area contributed by atoms with Gasteiger partial charge in [0.05, 0.1) is 35.9 Å². The zero-order chi connectivity index (χ0) is 30.5. The fraction of sp³-hybridized carbons (Fsp3) is 0.375. The molecular weight excluding hydrogens is 597 g/mol. The third-order valence-electron chi connectivity index (χ3n) is 8.02. The Morgan fingerprint density at radius 1 is 0.705 bits per heavy atom. The number of rotatable bonds is 11. The lowest BCUT2D eigenvalue weighted by atomic mass is 10.0. The molecule has 0 spiro atoms. The van der Waals surface area contributed by atoms with Crippen molar-refractivity contribution in [1.82, 2.24) is 30.6 Å². The number of hydrogen-bond donors (Lipinski definition) is 6. The maximum Gasteiger partial charge on any atom is 0.249 e. The molecule has 230 valence electrons. The maximum absolute atomic E-state index is 12.5. The van der Waals surface area contributed by atoms with Gasteiger partial charge < -0.3 is 30.1 Å². The van der Waals surface area contributed by atoms with Crippen molar-refractivity contribution in [2.24, 2.45) is 0 Å². The summed E-state index contributed by atoms with van der Waals surface area (Å²) in [5.41, 5.74) is 5.86. The summed E-state index contributed by atoms with van der Waals surface area (Å²) in [5.74, 6) is 1.92. The van der Waals surface area contributed by atoms with Crippen LogP contribution in [-0.4, -0.2) is 68.7 Å². The Kier molecular flexibility index (Phi) is 9.70. The first-order valence-corrected chi connectivity index (χ1v) is 16.2.